The summed E-state index contributed by atoms with van der Waals surface area (Å²) < 4.78 is 0. The van der Waals surface area contributed by atoms with Gasteiger partial charge in [-0.1, -0.05) is 0 Å². The van der Waals surface area contributed by atoms with Crippen LogP contribution in [0, 0.1) is 0 Å². The van der Waals surface area contributed by atoms with Crippen LogP contribution in [0.5, 0.6) is 0 Å². The van der Waals surface area contributed by atoms with E-state index in [-0.39, 0.29) is 24.8 Å². The molecule has 0 fully saturated rings. The molecular weight excluding hydrogens is 303 g/mol. The summed E-state index contributed by atoms with van der Waals surface area (Å²) in [7, 11) is 0. The van der Waals surface area contributed by atoms with Gasteiger partial charge in [-0.2, -0.15) is 10.2 Å². The Morgan fingerprint density at radius 2 is 1.20 bits per heavy atom. The van der Waals surface area contributed by atoms with Crippen LogP contribution in [0.2, 0.25) is 0 Å². The van der Waals surface area contributed by atoms with Gasteiger partial charge < -0.3 is 24.8 Å². The number of aromatic amines is 4. The topological polar surface area (TPSA) is 111 Å². The fourth-order valence-corrected chi connectivity index (χ4v) is 1.45. The summed E-state index contributed by atoms with van der Waals surface area (Å²) >= 11 is 0. The molecule has 10 heteroatoms. The molecule has 0 saturated heterocycles. The monoisotopic (exact) mass is 312 g/mol. The lowest BCUT2D eigenvalue weighted by Crippen LogP contribution is -3.00. The molecule has 0 amide bonds. The first-order chi connectivity index (χ1) is 8.93. The Hall–Kier alpha value is -2.32. The van der Waals surface area contributed by atoms with Crippen molar-refractivity contribution >= 4 is 22.1 Å². The predicted molar refractivity (Wildman–Crippen MR) is 60.9 cm³/mol. The average molecular weight is 313 g/mol. The second-order valence-corrected chi connectivity index (χ2v) is 3.49. The molecule has 0 aliphatic rings. The predicted octanol–water partition coefficient (Wildman–Crippen LogP) is -6.45. The second kappa shape index (κ2) is 7.31. The van der Waals surface area contributed by atoms with Crippen LogP contribution >= 0.6 is 0 Å². The van der Waals surface area contributed by atoms with Gasteiger partial charge in [0.15, 0.2) is 0 Å². The summed E-state index contributed by atoms with van der Waals surface area (Å²) in [5.41, 5.74) is 1.63. The first kappa shape index (κ1) is 15.7. The highest BCUT2D eigenvalue weighted by atomic mass is 35.5. The maximum absolute atomic E-state index is 3.97. The van der Waals surface area contributed by atoms with Crippen molar-refractivity contribution in [2.45, 2.75) is 0 Å². The average Bonchev–Trinajstić information content (AvgIpc) is 3.08. The normalized spacial score (nSPS) is 9.20. The standard InChI is InChI=1S/2C5H4N4.2ClH/c2*1-4-2-8-9-5(4)7-3-6-1;;/h2*1-3H,(H,6,7,8,9);2*1H. The van der Waals surface area contributed by atoms with Crippen molar-refractivity contribution in [3.05, 3.63) is 37.4 Å². The Balaban J connectivity index is 0.000000182. The third kappa shape index (κ3) is 3.37. The Kier molecular flexibility index (Phi) is 5.75. The van der Waals surface area contributed by atoms with E-state index in [0.29, 0.717) is 0 Å². The molecule has 0 aliphatic carbocycles. The maximum Gasteiger partial charge on any atom is 0.286 e. The second-order valence-electron chi connectivity index (χ2n) is 3.49. The molecule has 8 nitrogen and oxygen atoms in total. The number of rotatable bonds is 0. The fraction of sp³-hybridized carbons (Fsp3) is 0. The summed E-state index contributed by atoms with van der Waals surface area (Å²) in [5.74, 6) is 0. The third-order valence-electron chi connectivity index (χ3n) is 2.31. The molecular formula is C10H10Cl2N8. The van der Waals surface area contributed by atoms with E-state index in [1.54, 1.807) is 25.0 Å². The number of fused-ring (bicyclic) bond motifs is 2. The summed E-state index contributed by atoms with van der Waals surface area (Å²) in [4.78, 5) is 13.6. The number of nitrogens with zero attached hydrogens (tertiary/aromatic N) is 4. The Morgan fingerprint density at radius 1 is 0.750 bits per heavy atom. The van der Waals surface area contributed by atoms with E-state index in [2.05, 4.69) is 40.3 Å². The van der Waals surface area contributed by atoms with E-state index < -0.39 is 0 Å². The molecule has 0 spiro atoms. The molecule has 4 rings (SSSR count). The van der Waals surface area contributed by atoms with Gasteiger partial charge in [0.25, 0.3) is 23.9 Å². The van der Waals surface area contributed by atoms with Gasteiger partial charge in [0, 0.05) is 0 Å². The van der Waals surface area contributed by atoms with Crippen LogP contribution in [0.3, 0.4) is 0 Å². The van der Waals surface area contributed by atoms with E-state index in [9.17, 15) is 0 Å². The van der Waals surface area contributed by atoms with Gasteiger partial charge in [-0.15, -0.1) is 0 Å². The number of hydrogen-bond acceptors (Lipinski definition) is 4. The molecule has 0 bridgehead atoms. The first-order valence-electron chi connectivity index (χ1n) is 5.24. The number of nitrogens with one attached hydrogen (secondary N) is 4. The van der Waals surface area contributed by atoms with Crippen molar-refractivity contribution in [2.24, 2.45) is 0 Å². The molecule has 4 N–H and O–H groups in total. The lowest BCUT2D eigenvalue weighted by molar-refractivity contribution is -0.380. The van der Waals surface area contributed by atoms with E-state index in [0.717, 1.165) is 22.1 Å². The van der Waals surface area contributed by atoms with Gasteiger partial charge in [0.2, 0.25) is 0 Å². The van der Waals surface area contributed by atoms with Crippen LogP contribution in [0.15, 0.2) is 37.4 Å². The van der Waals surface area contributed by atoms with Gasteiger partial charge in [0.05, 0.1) is 12.4 Å². The quantitative estimate of drug-likeness (QED) is 0.336. The maximum atomic E-state index is 3.97. The van der Waals surface area contributed by atoms with E-state index in [1.807, 2.05) is 12.4 Å². The minimum absolute atomic E-state index is 0. The molecule has 104 valence electrons. The van der Waals surface area contributed by atoms with Crippen molar-refractivity contribution in [2.75, 3.05) is 0 Å². The van der Waals surface area contributed by atoms with Crippen LogP contribution in [0.4, 0.5) is 0 Å². The Morgan fingerprint density at radius 3 is 1.60 bits per heavy atom. The van der Waals surface area contributed by atoms with Crippen LogP contribution < -0.4 is 34.8 Å². The fourth-order valence-electron chi connectivity index (χ4n) is 1.45. The smallest absolute Gasteiger partial charge is 0.286 e. The van der Waals surface area contributed by atoms with Gasteiger partial charge in [-0.3, -0.25) is 0 Å². The zero-order chi connectivity index (χ0) is 12.2. The zero-order valence-corrected chi connectivity index (χ0v) is 11.5. The lowest BCUT2D eigenvalue weighted by atomic mass is 10.5. The highest BCUT2D eigenvalue weighted by molar-refractivity contribution is 5.71. The van der Waals surface area contributed by atoms with Crippen LogP contribution in [-0.2, 0) is 0 Å². The molecule has 4 heterocycles. The van der Waals surface area contributed by atoms with Crippen LogP contribution in [0.25, 0.3) is 22.1 Å². The highest BCUT2D eigenvalue weighted by Crippen LogP contribution is 2.00. The van der Waals surface area contributed by atoms with Crippen LogP contribution in [-0.4, -0.2) is 30.4 Å². The van der Waals surface area contributed by atoms with Crippen molar-refractivity contribution in [1.29, 1.82) is 0 Å². The van der Waals surface area contributed by atoms with E-state index >= 15 is 0 Å². The third-order valence-corrected chi connectivity index (χ3v) is 2.31. The Bertz CT molecular complexity index is 641. The first-order valence-corrected chi connectivity index (χ1v) is 5.24. The number of aromatic nitrogens is 8. The van der Waals surface area contributed by atoms with Gasteiger partial charge in [0.1, 0.15) is 23.2 Å². The van der Waals surface area contributed by atoms with Crippen molar-refractivity contribution in [3.63, 3.8) is 0 Å². The number of halogens is 2. The van der Waals surface area contributed by atoms with Gasteiger partial charge in [-0.25, -0.2) is 20.2 Å². The number of hydrogen-bond donors (Lipinski definition) is 2. The van der Waals surface area contributed by atoms with E-state index in [1.165, 1.54) is 0 Å². The highest BCUT2D eigenvalue weighted by Gasteiger charge is 1.98. The van der Waals surface area contributed by atoms with Crippen molar-refractivity contribution < 1.29 is 34.8 Å². The van der Waals surface area contributed by atoms with Crippen LogP contribution in [0.1, 0.15) is 0 Å². The minimum atomic E-state index is 0. The molecule has 0 unspecified atom stereocenters. The summed E-state index contributed by atoms with van der Waals surface area (Å²) in [6.45, 7) is 0. The van der Waals surface area contributed by atoms with Gasteiger partial charge >= 0.3 is 0 Å². The zero-order valence-electron chi connectivity index (χ0n) is 10.0. The number of H-pyrrole nitrogens is 4. The summed E-state index contributed by atoms with van der Waals surface area (Å²) in [5, 5.41) is 15.1. The molecule has 0 radical (unpaired) electrons. The Labute approximate surface area is 125 Å². The molecule has 0 saturated carbocycles. The minimum Gasteiger partial charge on any atom is -1.00 e. The molecule has 0 aliphatic heterocycles. The molecule has 0 aromatic carbocycles. The lowest BCUT2D eigenvalue weighted by Gasteiger charge is -1.71. The summed E-state index contributed by atoms with van der Waals surface area (Å²) in [6.07, 6.45) is 10.3. The van der Waals surface area contributed by atoms with Crippen molar-refractivity contribution in [1.82, 2.24) is 30.4 Å². The van der Waals surface area contributed by atoms with Crippen molar-refractivity contribution in [3.8, 4) is 0 Å². The van der Waals surface area contributed by atoms with Gasteiger partial charge in [-0.05, 0) is 9.97 Å². The molecule has 4 aromatic heterocycles. The molecule has 4 aromatic rings. The largest absolute Gasteiger partial charge is 1.00 e. The SMILES string of the molecule is [Cl-].[Cl-].c1nc2[nH]ncc2c[nH+]1.c1nc2[nH]ncc2c[nH+]1. The summed E-state index contributed by atoms with van der Waals surface area (Å²) in [6, 6.07) is 0. The van der Waals surface area contributed by atoms with E-state index in [4.69, 9.17) is 0 Å². The molecule has 20 heavy (non-hydrogen) atoms. The molecule has 0 atom stereocenters.